The van der Waals surface area contributed by atoms with Gasteiger partial charge in [0.2, 0.25) is 5.91 Å². The molecule has 0 spiro atoms. The van der Waals surface area contributed by atoms with E-state index in [0.717, 1.165) is 23.7 Å². The number of piperazine rings is 1. The lowest BCUT2D eigenvalue weighted by Crippen LogP contribution is -2.49. The van der Waals surface area contributed by atoms with Crippen LogP contribution < -0.4 is 4.90 Å². The summed E-state index contributed by atoms with van der Waals surface area (Å²) in [6.45, 7) is 2.73. The summed E-state index contributed by atoms with van der Waals surface area (Å²) < 4.78 is 0. The Hall–Kier alpha value is -2.25. The van der Waals surface area contributed by atoms with Crippen LogP contribution >= 0.6 is 23.4 Å². The third kappa shape index (κ3) is 4.68. The summed E-state index contributed by atoms with van der Waals surface area (Å²) in [5, 5.41) is 11.4. The number of nitrogens with zero attached hydrogens (tertiary/aromatic N) is 3. The molecule has 1 fully saturated rings. The zero-order chi connectivity index (χ0) is 18.5. The molecular formula is C18H18ClN3O3S. The van der Waals surface area contributed by atoms with Gasteiger partial charge in [0.05, 0.1) is 10.7 Å². The third-order valence-corrected chi connectivity index (χ3v) is 5.48. The maximum Gasteiger partial charge on any atom is 0.269 e. The molecule has 0 radical (unpaired) electrons. The van der Waals surface area contributed by atoms with E-state index in [9.17, 15) is 14.9 Å². The molecule has 1 aliphatic heterocycles. The molecule has 0 unspecified atom stereocenters. The maximum atomic E-state index is 12.4. The smallest absolute Gasteiger partial charge is 0.269 e. The van der Waals surface area contributed by atoms with Gasteiger partial charge in [-0.15, -0.1) is 11.8 Å². The molecule has 2 aromatic carbocycles. The van der Waals surface area contributed by atoms with Gasteiger partial charge in [-0.2, -0.15) is 0 Å². The first-order valence-electron chi connectivity index (χ1n) is 8.18. The zero-order valence-corrected chi connectivity index (χ0v) is 15.6. The number of amides is 1. The molecule has 0 atom stereocenters. The Morgan fingerprint density at radius 2 is 1.65 bits per heavy atom. The number of halogens is 1. The summed E-state index contributed by atoms with van der Waals surface area (Å²) in [7, 11) is 0. The molecule has 6 nitrogen and oxygen atoms in total. The van der Waals surface area contributed by atoms with Gasteiger partial charge < -0.3 is 9.80 Å². The first kappa shape index (κ1) is 18.5. The lowest BCUT2D eigenvalue weighted by molar-refractivity contribution is -0.384. The zero-order valence-electron chi connectivity index (χ0n) is 14.0. The van der Waals surface area contributed by atoms with Gasteiger partial charge in [0.15, 0.2) is 0 Å². The van der Waals surface area contributed by atoms with Gasteiger partial charge in [0.1, 0.15) is 0 Å². The number of non-ortho nitro benzene ring substituents is 1. The fourth-order valence-electron chi connectivity index (χ4n) is 2.77. The SMILES string of the molecule is O=C(CSc1ccc(Cl)cc1)N1CCN(c2ccc([N+](=O)[O-])cc2)CC1. The van der Waals surface area contributed by atoms with Crippen molar-refractivity contribution < 1.29 is 9.72 Å². The summed E-state index contributed by atoms with van der Waals surface area (Å²) in [4.78, 5) is 27.7. The van der Waals surface area contributed by atoms with E-state index >= 15 is 0 Å². The van der Waals surface area contributed by atoms with E-state index in [2.05, 4.69) is 4.90 Å². The molecule has 2 aromatic rings. The minimum Gasteiger partial charge on any atom is -0.368 e. The van der Waals surface area contributed by atoms with Crippen LogP contribution in [-0.4, -0.2) is 47.7 Å². The third-order valence-electron chi connectivity index (χ3n) is 4.23. The van der Waals surface area contributed by atoms with E-state index in [1.165, 1.54) is 23.9 Å². The van der Waals surface area contributed by atoms with Gasteiger partial charge in [-0.25, -0.2) is 0 Å². The molecule has 1 heterocycles. The van der Waals surface area contributed by atoms with Crippen LogP contribution in [0.4, 0.5) is 11.4 Å². The number of anilines is 1. The van der Waals surface area contributed by atoms with E-state index in [4.69, 9.17) is 11.6 Å². The highest BCUT2D eigenvalue weighted by molar-refractivity contribution is 8.00. The van der Waals surface area contributed by atoms with E-state index in [-0.39, 0.29) is 11.6 Å². The van der Waals surface area contributed by atoms with Crippen LogP contribution in [0.15, 0.2) is 53.4 Å². The summed E-state index contributed by atoms with van der Waals surface area (Å²) in [5.41, 5.74) is 1.03. The molecule has 1 saturated heterocycles. The molecule has 136 valence electrons. The Balaban J connectivity index is 1.48. The van der Waals surface area contributed by atoms with Crippen LogP contribution in [0.5, 0.6) is 0 Å². The van der Waals surface area contributed by atoms with Crippen molar-refractivity contribution in [3.63, 3.8) is 0 Å². The van der Waals surface area contributed by atoms with Crippen molar-refractivity contribution in [3.05, 3.63) is 63.7 Å². The van der Waals surface area contributed by atoms with Crippen molar-refractivity contribution in [2.24, 2.45) is 0 Å². The van der Waals surface area contributed by atoms with Crippen molar-refractivity contribution in [2.75, 3.05) is 36.8 Å². The monoisotopic (exact) mass is 391 g/mol. The normalized spacial score (nSPS) is 14.3. The van der Waals surface area contributed by atoms with Crippen LogP contribution in [-0.2, 0) is 4.79 Å². The van der Waals surface area contributed by atoms with E-state index in [0.29, 0.717) is 23.9 Å². The highest BCUT2D eigenvalue weighted by Crippen LogP contribution is 2.23. The second-order valence-electron chi connectivity index (χ2n) is 5.88. The summed E-state index contributed by atoms with van der Waals surface area (Å²) in [6, 6.07) is 14.0. The van der Waals surface area contributed by atoms with E-state index in [1.54, 1.807) is 12.1 Å². The minimum atomic E-state index is -0.404. The number of carbonyl (C=O) groups excluding carboxylic acids is 1. The predicted molar refractivity (Wildman–Crippen MR) is 104 cm³/mol. The Labute approximate surface area is 160 Å². The second-order valence-corrected chi connectivity index (χ2v) is 7.37. The molecule has 8 heteroatoms. The number of nitro groups is 1. The second kappa shape index (κ2) is 8.42. The van der Waals surface area contributed by atoms with Crippen LogP contribution in [0, 0.1) is 10.1 Å². The van der Waals surface area contributed by atoms with Gasteiger partial charge in [-0.1, -0.05) is 11.6 Å². The molecule has 0 N–H and O–H groups in total. The standard InChI is InChI=1S/C18H18ClN3O3S/c19-14-1-7-17(8-2-14)26-13-18(23)21-11-9-20(10-12-21)15-3-5-16(6-4-15)22(24)25/h1-8H,9-13H2. The van der Waals surface area contributed by atoms with E-state index in [1.807, 2.05) is 29.2 Å². The Kier molecular flexibility index (Phi) is 6.00. The number of hydrogen-bond donors (Lipinski definition) is 0. The number of hydrogen-bond acceptors (Lipinski definition) is 5. The van der Waals surface area contributed by atoms with Crippen molar-refractivity contribution in [2.45, 2.75) is 4.90 Å². The summed E-state index contributed by atoms with van der Waals surface area (Å²) >= 11 is 7.37. The number of carbonyl (C=O) groups is 1. The average molecular weight is 392 g/mol. The molecule has 0 bridgehead atoms. The first-order valence-corrected chi connectivity index (χ1v) is 9.55. The predicted octanol–water partition coefficient (Wildman–Crippen LogP) is 3.69. The highest BCUT2D eigenvalue weighted by atomic mass is 35.5. The van der Waals surface area contributed by atoms with Crippen LogP contribution in [0.1, 0.15) is 0 Å². The van der Waals surface area contributed by atoms with Crippen LogP contribution in [0.25, 0.3) is 0 Å². The maximum absolute atomic E-state index is 12.4. The summed E-state index contributed by atoms with van der Waals surface area (Å²) in [5.74, 6) is 0.521. The number of rotatable bonds is 5. The molecule has 3 rings (SSSR count). The minimum absolute atomic E-state index is 0.0850. The molecule has 1 aliphatic rings. The molecule has 26 heavy (non-hydrogen) atoms. The molecule has 0 aliphatic carbocycles. The van der Waals surface area contributed by atoms with Gasteiger partial charge in [0.25, 0.3) is 5.69 Å². The lowest BCUT2D eigenvalue weighted by Gasteiger charge is -2.36. The van der Waals surface area contributed by atoms with Gasteiger partial charge in [-0.05, 0) is 36.4 Å². The van der Waals surface area contributed by atoms with Crippen molar-refractivity contribution >= 4 is 40.6 Å². The van der Waals surface area contributed by atoms with Crippen LogP contribution in [0.3, 0.4) is 0 Å². The Morgan fingerprint density at radius 1 is 1.04 bits per heavy atom. The molecule has 1 amide bonds. The van der Waals surface area contributed by atoms with Crippen molar-refractivity contribution in [1.29, 1.82) is 0 Å². The van der Waals surface area contributed by atoms with E-state index < -0.39 is 4.92 Å². The van der Waals surface area contributed by atoms with Gasteiger partial charge >= 0.3 is 0 Å². The Bertz CT molecular complexity index is 775. The van der Waals surface area contributed by atoms with Gasteiger partial charge in [0, 0.05) is 53.9 Å². The number of benzene rings is 2. The Morgan fingerprint density at radius 3 is 2.23 bits per heavy atom. The van der Waals surface area contributed by atoms with Gasteiger partial charge in [-0.3, -0.25) is 14.9 Å². The largest absolute Gasteiger partial charge is 0.368 e. The highest BCUT2D eigenvalue weighted by Gasteiger charge is 2.21. The average Bonchev–Trinajstić information content (AvgIpc) is 2.67. The number of nitro benzene ring substituents is 1. The van der Waals surface area contributed by atoms with Crippen LogP contribution in [0.2, 0.25) is 5.02 Å². The fraction of sp³-hybridized carbons (Fsp3) is 0.278. The fourth-order valence-corrected chi connectivity index (χ4v) is 3.69. The first-order chi connectivity index (χ1) is 12.5. The molecule has 0 aromatic heterocycles. The van der Waals surface area contributed by atoms with Crippen molar-refractivity contribution in [1.82, 2.24) is 4.90 Å². The molecular weight excluding hydrogens is 374 g/mol. The molecule has 0 saturated carbocycles. The van der Waals surface area contributed by atoms with Crippen molar-refractivity contribution in [3.8, 4) is 0 Å². The lowest BCUT2D eigenvalue weighted by atomic mass is 10.2. The summed E-state index contributed by atoms with van der Waals surface area (Å²) in [6.07, 6.45) is 0. The quantitative estimate of drug-likeness (QED) is 0.441. The number of thioether (sulfide) groups is 1. The topological polar surface area (TPSA) is 66.7 Å².